The first-order valence-electron chi connectivity index (χ1n) is 6.45. The van der Waals surface area contributed by atoms with E-state index in [0.717, 1.165) is 24.2 Å². The molecule has 0 saturated carbocycles. The predicted molar refractivity (Wildman–Crippen MR) is 82.2 cm³/mol. The van der Waals surface area contributed by atoms with Gasteiger partial charge in [0.05, 0.1) is 0 Å². The number of aliphatic imine (C=N–C) groups is 1. The smallest absolute Gasteiger partial charge is 0.255 e. The van der Waals surface area contributed by atoms with E-state index in [1.54, 1.807) is 0 Å². The number of anilines is 2. The Morgan fingerprint density at radius 3 is 2.65 bits per heavy atom. The summed E-state index contributed by atoms with van der Waals surface area (Å²) in [5, 5.41) is 3.20. The number of benzene rings is 1. The molecule has 6 heteroatoms. The fourth-order valence-electron chi connectivity index (χ4n) is 1.68. The van der Waals surface area contributed by atoms with Crippen LogP contribution in [0.25, 0.3) is 0 Å². The van der Waals surface area contributed by atoms with E-state index in [-0.39, 0.29) is 5.28 Å². The fourth-order valence-corrected chi connectivity index (χ4v) is 1.84. The number of hydrogen-bond acceptors (Lipinski definition) is 5. The Kier molecular flexibility index (Phi) is 5.01. The molecule has 1 aromatic heterocycles. The Hall–Kier alpha value is -2.01. The molecule has 0 aliphatic rings. The number of rotatable bonds is 5. The Balaban J connectivity index is 2.23. The van der Waals surface area contributed by atoms with Gasteiger partial charge in [0.1, 0.15) is 0 Å². The summed E-state index contributed by atoms with van der Waals surface area (Å²) in [4.78, 5) is 16.6. The van der Waals surface area contributed by atoms with Crippen LogP contribution in [0.1, 0.15) is 26.7 Å². The second-order valence-electron chi connectivity index (χ2n) is 4.32. The van der Waals surface area contributed by atoms with E-state index in [0.29, 0.717) is 11.9 Å². The van der Waals surface area contributed by atoms with E-state index in [4.69, 9.17) is 11.6 Å². The number of nitrogens with one attached hydrogen (secondary N) is 1. The topological polar surface area (TPSA) is 63.1 Å². The van der Waals surface area contributed by atoms with Crippen molar-refractivity contribution in [1.29, 1.82) is 0 Å². The van der Waals surface area contributed by atoms with E-state index < -0.39 is 0 Å². The van der Waals surface area contributed by atoms with Gasteiger partial charge in [-0.15, -0.1) is 0 Å². The van der Waals surface area contributed by atoms with Crippen molar-refractivity contribution < 1.29 is 0 Å². The maximum absolute atomic E-state index is 5.91. The van der Waals surface area contributed by atoms with Crippen LogP contribution in [-0.4, -0.2) is 20.7 Å². The molecule has 0 bridgehead atoms. The average Bonchev–Trinajstić information content (AvgIpc) is 2.39. The standard InChI is InChI=1S/C14H16ClN5/c1-3-7-10(2)16-13-18-12(15)19-14(20-13)17-11-8-5-4-6-9-11/h4-6,8-9H,3,7H2,1-2H3,(H,17,18,19,20). The molecule has 0 unspecified atom stereocenters. The van der Waals surface area contributed by atoms with Crippen LogP contribution in [0.5, 0.6) is 0 Å². The van der Waals surface area contributed by atoms with Crippen molar-refractivity contribution in [1.82, 2.24) is 15.0 Å². The van der Waals surface area contributed by atoms with Crippen molar-refractivity contribution in [2.75, 3.05) is 5.32 Å². The SMILES string of the molecule is CCCC(C)=Nc1nc(Cl)nc(Nc2ccccc2)n1. The van der Waals surface area contributed by atoms with Crippen molar-refractivity contribution in [2.45, 2.75) is 26.7 Å². The molecule has 0 spiro atoms. The van der Waals surface area contributed by atoms with Crippen LogP contribution in [0, 0.1) is 0 Å². The molecule has 1 N–H and O–H groups in total. The van der Waals surface area contributed by atoms with Crippen LogP contribution in [-0.2, 0) is 0 Å². The minimum Gasteiger partial charge on any atom is -0.324 e. The van der Waals surface area contributed by atoms with E-state index in [2.05, 4.69) is 32.2 Å². The lowest BCUT2D eigenvalue weighted by atomic mass is 10.2. The number of halogens is 1. The van der Waals surface area contributed by atoms with Gasteiger partial charge in [-0.25, -0.2) is 4.99 Å². The Morgan fingerprint density at radius 2 is 1.95 bits per heavy atom. The highest BCUT2D eigenvalue weighted by Crippen LogP contribution is 2.17. The van der Waals surface area contributed by atoms with E-state index in [1.807, 2.05) is 37.3 Å². The highest BCUT2D eigenvalue weighted by atomic mass is 35.5. The summed E-state index contributed by atoms with van der Waals surface area (Å²) in [6, 6.07) is 9.63. The lowest BCUT2D eigenvalue weighted by Crippen LogP contribution is -2.00. The number of para-hydroxylation sites is 1. The zero-order valence-electron chi connectivity index (χ0n) is 11.5. The molecule has 5 nitrogen and oxygen atoms in total. The summed E-state index contributed by atoms with van der Waals surface area (Å²) in [5.41, 5.74) is 1.86. The number of nitrogens with zero attached hydrogens (tertiary/aromatic N) is 4. The number of aromatic nitrogens is 3. The lowest BCUT2D eigenvalue weighted by Gasteiger charge is -2.05. The summed E-state index contributed by atoms with van der Waals surface area (Å²) in [5.74, 6) is 0.716. The largest absolute Gasteiger partial charge is 0.324 e. The lowest BCUT2D eigenvalue weighted by molar-refractivity contribution is 0.977. The first kappa shape index (κ1) is 14.4. The van der Waals surface area contributed by atoms with Crippen molar-refractivity contribution in [2.24, 2.45) is 4.99 Å². The molecular formula is C14H16ClN5. The summed E-state index contributed by atoms with van der Waals surface area (Å²) in [6.45, 7) is 4.05. The third kappa shape index (κ3) is 4.28. The monoisotopic (exact) mass is 289 g/mol. The second-order valence-corrected chi connectivity index (χ2v) is 4.65. The molecule has 1 aromatic carbocycles. The van der Waals surface area contributed by atoms with Gasteiger partial charge in [-0.1, -0.05) is 31.5 Å². The van der Waals surface area contributed by atoms with Gasteiger partial charge in [-0.05, 0) is 37.1 Å². The molecule has 0 saturated heterocycles. The molecule has 0 aliphatic heterocycles. The minimum atomic E-state index is 0.126. The summed E-state index contributed by atoms with van der Waals surface area (Å²) in [7, 11) is 0. The average molecular weight is 290 g/mol. The fraction of sp³-hybridized carbons (Fsp3) is 0.286. The van der Waals surface area contributed by atoms with Crippen molar-refractivity contribution >= 4 is 34.9 Å². The van der Waals surface area contributed by atoms with Gasteiger partial charge in [-0.2, -0.15) is 15.0 Å². The van der Waals surface area contributed by atoms with Crippen LogP contribution in [0.2, 0.25) is 5.28 Å². The maximum Gasteiger partial charge on any atom is 0.255 e. The van der Waals surface area contributed by atoms with Gasteiger partial charge < -0.3 is 5.32 Å². The second kappa shape index (κ2) is 6.96. The summed E-state index contributed by atoms with van der Waals surface area (Å²) >= 11 is 5.91. The minimum absolute atomic E-state index is 0.126. The third-order valence-corrected chi connectivity index (χ3v) is 2.70. The van der Waals surface area contributed by atoms with Crippen LogP contribution >= 0.6 is 11.6 Å². The van der Waals surface area contributed by atoms with Gasteiger partial charge in [0, 0.05) is 11.4 Å². The van der Waals surface area contributed by atoms with Gasteiger partial charge in [0.15, 0.2) is 0 Å². The first-order valence-corrected chi connectivity index (χ1v) is 6.83. The van der Waals surface area contributed by atoms with Crippen molar-refractivity contribution in [3.05, 3.63) is 35.6 Å². The zero-order chi connectivity index (χ0) is 14.4. The maximum atomic E-state index is 5.91. The normalized spacial score (nSPS) is 11.4. The Morgan fingerprint density at radius 1 is 1.20 bits per heavy atom. The highest BCUT2D eigenvalue weighted by molar-refractivity contribution is 6.28. The molecule has 0 amide bonds. The van der Waals surface area contributed by atoms with Crippen LogP contribution in [0.4, 0.5) is 17.6 Å². The molecule has 0 radical (unpaired) electrons. The van der Waals surface area contributed by atoms with Crippen molar-refractivity contribution in [3.63, 3.8) is 0 Å². The Bertz CT molecular complexity index is 598. The molecule has 20 heavy (non-hydrogen) atoms. The summed E-state index contributed by atoms with van der Waals surface area (Å²) < 4.78 is 0. The van der Waals surface area contributed by atoms with Gasteiger partial charge >= 0.3 is 0 Å². The molecule has 0 fully saturated rings. The molecule has 0 aliphatic carbocycles. The number of hydrogen-bond donors (Lipinski definition) is 1. The third-order valence-electron chi connectivity index (χ3n) is 2.53. The van der Waals surface area contributed by atoms with Crippen LogP contribution in [0.15, 0.2) is 35.3 Å². The van der Waals surface area contributed by atoms with E-state index in [1.165, 1.54) is 0 Å². The van der Waals surface area contributed by atoms with E-state index >= 15 is 0 Å². The molecule has 0 atom stereocenters. The van der Waals surface area contributed by atoms with Gasteiger partial charge in [0.2, 0.25) is 11.2 Å². The molecule has 2 rings (SSSR count). The van der Waals surface area contributed by atoms with Crippen LogP contribution in [0.3, 0.4) is 0 Å². The Labute approximate surface area is 123 Å². The molecule has 2 aromatic rings. The predicted octanol–water partition coefficient (Wildman–Crippen LogP) is 4.16. The van der Waals surface area contributed by atoms with Gasteiger partial charge in [0.25, 0.3) is 5.95 Å². The highest BCUT2D eigenvalue weighted by Gasteiger charge is 2.05. The first-order chi connectivity index (χ1) is 9.67. The molecule has 104 valence electrons. The van der Waals surface area contributed by atoms with Crippen LogP contribution < -0.4 is 5.32 Å². The summed E-state index contributed by atoms with van der Waals surface area (Å²) in [6.07, 6.45) is 1.94. The van der Waals surface area contributed by atoms with Crippen molar-refractivity contribution in [3.8, 4) is 0 Å². The molecule has 1 heterocycles. The quantitative estimate of drug-likeness (QED) is 0.840. The van der Waals surface area contributed by atoms with Gasteiger partial charge in [-0.3, -0.25) is 0 Å². The zero-order valence-corrected chi connectivity index (χ0v) is 12.2. The molecular weight excluding hydrogens is 274 g/mol. The van der Waals surface area contributed by atoms with E-state index in [9.17, 15) is 0 Å².